The second-order valence-corrected chi connectivity index (χ2v) is 10.8. The Bertz CT molecular complexity index is 1570. The second-order valence-electron chi connectivity index (χ2n) is 9.78. The molecule has 4 heterocycles. The predicted molar refractivity (Wildman–Crippen MR) is 155 cm³/mol. The van der Waals surface area contributed by atoms with E-state index in [1.165, 1.54) is 17.4 Å². The minimum atomic E-state index is -0.509. The number of fused-ring (bicyclic) bond motifs is 1. The third-order valence-corrected chi connectivity index (χ3v) is 7.87. The Kier molecular flexibility index (Phi) is 8.24. The first-order valence-corrected chi connectivity index (χ1v) is 14.0. The van der Waals surface area contributed by atoms with E-state index in [-0.39, 0.29) is 18.0 Å². The quantitative estimate of drug-likeness (QED) is 0.205. The van der Waals surface area contributed by atoms with Crippen LogP contribution in [0.5, 0.6) is 11.5 Å². The Balaban J connectivity index is 1.29. The number of ketones is 1. The van der Waals surface area contributed by atoms with Crippen molar-refractivity contribution in [3.63, 3.8) is 0 Å². The number of carbonyl (C=O) groups is 1. The third kappa shape index (κ3) is 6.29. The van der Waals surface area contributed by atoms with Crippen LogP contribution in [0.25, 0.3) is 20.8 Å². The molecule has 39 heavy (non-hydrogen) atoms. The molecule has 0 saturated heterocycles. The molecule has 0 fully saturated rings. The zero-order chi connectivity index (χ0) is 27.4. The summed E-state index contributed by atoms with van der Waals surface area (Å²) >= 11 is 1.51. The van der Waals surface area contributed by atoms with Crippen molar-refractivity contribution in [2.45, 2.75) is 46.6 Å². The summed E-state index contributed by atoms with van der Waals surface area (Å²) < 4.78 is 21.9. The molecule has 0 aliphatic carbocycles. The molecule has 1 aromatic carbocycles. The van der Waals surface area contributed by atoms with Crippen LogP contribution < -0.4 is 10.1 Å². The molecular weight excluding hydrogens is 511 g/mol. The lowest BCUT2D eigenvalue weighted by Crippen LogP contribution is -2.13. The van der Waals surface area contributed by atoms with Crippen LogP contribution in [0.3, 0.4) is 0 Å². The van der Waals surface area contributed by atoms with Gasteiger partial charge in [0.2, 0.25) is 0 Å². The summed E-state index contributed by atoms with van der Waals surface area (Å²) in [5, 5.41) is 3.38. The minimum absolute atomic E-state index is 0.0368. The third-order valence-electron chi connectivity index (χ3n) is 6.71. The number of halogens is 1. The predicted octanol–water partition coefficient (Wildman–Crippen LogP) is 7.08. The maximum Gasteiger partial charge on any atom is 0.166 e. The summed E-state index contributed by atoms with van der Waals surface area (Å²) in [4.78, 5) is 27.1. The number of nitrogens with one attached hydrogen (secondary N) is 1. The number of nitrogens with zero attached hydrogens (tertiary/aromatic N) is 3. The highest BCUT2D eigenvalue weighted by atomic mass is 32.1. The van der Waals surface area contributed by atoms with Crippen molar-refractivity contribution < 1.29 is 13.9 Å². The van der Waals surface area contributed by atoms with Gasteiger partial charge in [0.25, 0.3) is 0 Å². The Morgan fingerprint density at radius 2 is 1.90 bits per heavy atom. The highest BCUT2D eigenvalue weighted by Crippen LogP contribution is 2.39. The molecular formula is C31H31FN4O2S. The van der Waals surface area contributed by atoms with Crippen molar-refractivity contribution >= 4 is 33.0 Å². The van der Waals surface area contributed by atoms with E-state index in [0.29, 0.717) is 24.3 Å². The van der Waals surface area contributed by atoms with Crippen molar-refractivity contribution in [2.75, 3.05) is 13.1 Å². The standard InChI is InChI=1S/C31H31FN4O2S/c1-4-10-33-17-22-5-7-26(36-18-22)30-15-27-31(39-30)29(9-11-34-27)38-28-8-6-21(13-25(28)32)12-23(37)14-24-19(2)16-35-20(24)3/h5-9,11,13,15,18,33H,4,10,12,14,16-17H2,1-3H3. The fourth-order valence-corrected chi connectivity index (χ4v) is 5.61. The van der Waals surface area contributed by atoms with Crippen LogP contribution in [0, 0.1) is 5.82 Å². The number of ether oxygens (including phenoxy) is 1. The Morgan fingerprint density at radius 3 is 2.62 bits per heavy atom. The van der Waals surface area contributed by atoms with Crippen LogP contribution in [0.2, 0.25) is 0 Å². The zero-order valence-corrected chi connectivity index (χ0v) is 23.2. The fraction of sp³-hybridized carbons (Fsp3) is 0.290. The smallest absolute Gasteiger partial charge is 0.166 e. The number of pyridine rings is 2. The van der Waals surface area contributed by atoms with Gasteiger partial charge in [0.15, 0.2) is 11.6 Å². The van der Waals surface area contributed by atoms with Crippen LogP contribution >= 0.6 is 11.3 Å². The summed E-state index contributed by atoms with van der Waals surface area (Å²) in [5.74, 6) is 0.158. The fourth-order valence-electron chi connectivity index (χ4n) is 4.56. The minimum Gasteiger partial charge on any atom is -0.453 e. The lowest BCUT2D eigenvalue weighted by Gasteiger charge is -2.09. The van der Waals surface area contributed by atoms with E-state index in [2.05, 4.69) is 33.3 Å². The number of aliphatic imine (C=N–C) groups is 1. The number of thiophene rings is 1. The summed E-state index contributed by atoms with van der Waals surface area (Å²) in [5.41, 5.74) is 6.42. The maximum atomic E-state index is 15.0. The lowest BCUT2D eigenvalue weighted by atomic mass is 9.98. The topological polar surface area (TPSA) is 76.5 Å². The summed E-state index contributed by atoms with van der Waals surface area (Å²) in [6.07, 6.45) is 5.11. The van der Waals surface area contributed by atoms with Crippen molar-refractivity contribution in [1.82, 2.24) is 15.3 Å². The van der Waals surface area contributed by atoms with Gasteiger partial charge in [0.05, 0.1) is 27.3 Å². The first kappa shape index (κ1) is 26.8. The molecule has 8 heteroatoms. The molecule has 1 aliphatic rings. The van der Waals surface area contributed by atoms with Gasteiger partial charge >= 0.3 is 0 Å². The molecule has 6 nitrogen and oxygen atoms in total. The molecule has 0 spiro atoms. The van der Waals surface area contributed by atoms with Gasteiger partial charge < -0.3 is 10.1 Å². The molecule has 1 N–H and O–H groups in total. The number of carbonyl (C=O) groups excluding carboxylic acids is 1. The van der Waals surface area contributed by atoms with Gasteiger partial charge in [-0.1, -0.05) is 19.1 Å². The van der Waals surface area contributed by atoms with Gasteiger partial charge in [-0.25, -0.2) is 4.39 Å². The number of benzene rings is 1. The van der Waals surface area contributed by atoms with Gasteiger partial charge in [-0.15, -0.1) is 11.3 Å². The Morgan fingerprint density at radius 1 is 1.05 bits per heavy atom. The van der Waals surface area contributed by atoms with Gasteiger partial charge in [-0.3, -0.25) is 19.8 Å². The Labute approximate surface area is 231 Å². The molecule has 0 amide bonds. The van der Waals surface area contributed by atoms with Crippen LogP contribution in [-0.4, -0.2) is 34.6 Å². The van der Waals surface area contributed by atoms with Gasteiger partial charge in [-0.2, -0.15) is 0 Å². The van der Waals surface area contributed by atoms with E-state index >= 15 is 4.39 Å². The second kappa shape index (κ2) is 12.0. The number of rotatable bonds is 11. The summed E-state index contributed by atoms with van der Waals surface area (Å²) in [7, 11) is 0. The van der Waals surface area contributed by atoms with Gasteiger partial charge in [0.1, 0.15) is 11.5 Å². The first-order chi connectivity index (χ1) is 18.9. The molecule has 0 radical (unpaired) electrons. The molecule has 0 unspecified atom stereocenters. The van der Waals surface area contributed by atoms with Crippen LogP contribution in [-0.2, 0) is 17.8 Å². The zero-order valence-electron chi connectivity index (χ0n) is 22.4. The van der Waals surface area contributed by atoms with E-state index < -0.39 is 5.82 Å². The van der Waals surface area contributed by atoms with Crippen molar-refractivity contribution in [1.29, 1.82) is 0 Å². The van der Waals surface area contributed by atoms with E-state index in [1.54, 1.807) is 24.4 Å². The Hall–Kier alpha value is -3.75. The monoisotopic (exact) mass is 542 g/mol. The van der Waals surface area contributed by atoms with E-state index in [0.717, 1.165) is 62.7 Å². The van der Waals surface area contributed by atoms with E-state index in [9.17, 15) is 4.79 Å². The van der Waals surface area contributed by atoms with E-state index in [4.69, 9.17) is 4.74 Å². The normalized spacial score (nSPS) is 13.3. The maximum absolute atomic E-state index is 15.0. The van der Waals surface area contributed by atoms with E-state index in [1.807, 2.05) is 32.2 Å². The van der Waals surface area contributed by atoms with Crippen molar-refractivity contribution in [3.8, 4) is 22.1 Å². The summed E-state index contributed by atoms with van der Waals surface area (Å²) in [6.45, 7) is 8.49. The molecule has 0 bridgehead atoms. The number of hydrogen-bond acceptors (Lipinski definition) is 7. The SMILES string of the molecule is CCCNCc1ccc(-c2cc3nccc(Oc4ccc(CC(=O)CC5=C(C)CN=C5C)cc4F)c3s2)nc1. The molecule has 0 saturated carbocycles. The average Bonchev–Trinajstić information content (AvgIpc) is 3.50. The van der Waals surface area contributed by atoms with Crippen molar-refractivity contribution in [2.24, 2.45) is 4.99 Å². The number of Topliss-reactive ketones (excluding diaryl/α,β-unsaturated/α-hetero) is 1. The average molecular weight is 543 g/mol. The van der Waals surface area contributed by atoms with Crippen LogP contribution in [0.1, 0.15) is 44.7 Å². The molecule has 1 aliphatic heterocycles. The molecule has 200 valence electrons. The molecule has 4 aromatic rings. The molecule has 3 aromatic heterocycles. The number of aromatic nitrogens is 2. The highest BCUT2D eigenvalue weighted by molar-refractivity contribution is 7.22. The summed E-state index contributed by atoms with van der Waals surface area (Å²) in [6, 6.07) is 12.5. The molecule has 5 rings (SSSR count). The van der Waals surface area contributed by atoms with Crippen molar-refractivity contribution in [3.05, 3.63) is 82.9 Å². The highest BCUT2D eigenvalue weighted by Gasteiger charge is 2.18. The largest absolute Gasteiger partial charge is 0.453 e. The first-order valence-electron chi connectivity index (χ1n) is 13.1. The van der Waals surface area contributed by atoms with Gasteiger partial charge in [0, 0.05) is 43.6 Å². The van der Waals surface area contributed by atoms with Crippen LogP contribution in [0.4, 0.5) is 4.39 Å². The lowest BCUT2D eigenvalue weighted by molar-refractivity contribution is -0.117. The van der Waals surface area contributed by atoms with Crippen LogP contribution in [0.15, 0.2) is 71.0 Å². The molecule has 0 atom stereocenters. The number of allylic oxidation sites excluding steroid dienone is 1. The number of hydrogen-bond donors (Lipinski definition) is 1. The van der Waals surface area contributed by atoms with Gasteiger partial charge in [-0.05, 0) is 73.4 Å².